The van der Waals surface area contributed by atoms with Crippen molar-refractivity contribution >= 4 is 22.5 Å². The van der Waals surface area contributed by atoms with Gasteiger partial charge in [0.1, 0.15) is 11.6 Å². The number of hydrogen-bond donors (Lipinski definition) is 1. The maximum atomic E-state index is 14.6. The van der Waals surface area contributed by atoms with E-state index in [4.69, 9.17) is 0 Å². The van der Waals surface area contributed by atoms with Crippen molar-refractivity contribution in [2.75, 3.05) is 5.32 Å². The van der Waals surface area contributed by atoms with Gasteiger partial charge >= 0.3 is 0 Å². The highest BCUT2D eigenvalue weighted by atomic mass is 19.1. The number of benzene rings is 2. The van der Waals surface area contributed by atoms with Gasteiger partial charge in [0, 0.05) is 17.1 Å². The Bertz CT molecular complexity index is 942. The van der Waals surface area contributed by atoms with Gasteiger partial charge in [-0.25, -0.2) is 9.37 Å². The first-order valence-electron chi connectivity index (χ1n) is 9.11. The van der Waals surface area contributed by atoms with Crippen LogP contribution < -0.4 is 5.32 Å². The molecule has 0 unspecified atom stereocenters. The molecule has 0 spiro atoms. The zero-order chi connectivity index (χ0) is 18.0. The van der Waals surface area contributed by atoms with E-state index in [0.29, 0.717) is 24.2 Å². The number of pyridine rings is 1. The van der Waals surface area contributed by atoms with Gasteiger partial charge in [0.15, 0.2) is 0 Å². The van der Waals surface area contributed by atoms with Gasteiger partial charge in [-0.3, -0.25) is 4.79 Å². The van der Waals surface area contributed by atoms with Gasteiger partial charge in [0.25, 0.3) is 0 Å². The molecule has 1 heterocycles. The Hall–Kier alpha value is -2.75. The van der Waals surface area contributed by atoms with Crippen LogP contribution in [0.25, 0.3) is 10.8 Å². The first-order chi connectivity index (χ1) is 12.7. The van der Waals surface area contributed by atoms with Crippen LogP contribution in [0.3, 0.4) is 0 Å². The summed E-state index contributed by atoms with van der Waals surface area (Å²) >= 11 is 0. The van der Waals surface area contributed by atoms with Gasteiger partial charge in [0.2, 0.25) is 5.91 Å². The molecule has 0 aliphatic heterocycles. The van der Waals surface area contributed by atoms with E-state index < -0.39 is 5.41 Å². The van der Waals surface area contributed by atoms with Crippen molar-refractivity contribution in [3.63, 3.8) is 0 Å². The van der Waals surface area contributed by atoms with Crippen LogP contribution in [0, 0.1) is 5.82 Å². The van der Waals surface area contributed by atoms with Crippen molar-refractivity contribution in [1.82, 2.24) is 4.98 Å². The fraction of sp³-hybridized carbons (Fsp3) is 0.273. The average molecular weight is 348 g/mol. The molecule has 3 nitrogen and oxygen atoms in total. The number of aromatic nitrogens is 1. The summed E-state index contributed by atoms with van der Waals surface area (Å²) < 4.78 is 14.6. The molecule has 2 aromatic carbocycles. The minimum absolute atomic E-state index is 0.161. The molecule has 3 aromatic rings. The largest absolute Gasteiger partial charge is 0.309 e. The first-order valence-corrected chi connectivity index (χ1v) is 9.11. The highest BCUT2D eigenvalue weighted by Gasteiger charge is 2.43. The summed E-state index contributed by atoms with van der Waals surface area (Å²) in [6.07, 6.45) is 5.93. The maximum Gasteiger partial charge on any atom is 0.236 e. The number of rotatable bonds is 3. The molecule has 1 N–H and O–H groups in total. The Labute approximate surface area is 152 Å². The van der Waals surface area contributed by atoms with E-state index in [1.807, 2.05) is 30.3 Å². The Morgan fingerprint density at radius 1 is 0.962 bits per heavy atom. The van der Waals surface area contributed by atoms with Gasteiger partial charge in [-0.1, -0.05) is 61.7 Å². The van der Waals surface area contributed by atoms with Crippen molar-refractivity contribution < 1.29 is 9.18 Å². The van der Waals surface area contributed by atoms with E-state index in [-0.39, 0.29) is 11.7 Å². The fourth-order valence-electron chi connectivity index (χ4n) is 4.07. The lowest BCUT2D eigenvalue weighted by molar-refractivity contribution is -0.122. The van der Waals surface area contributed by atoms with Gasteiger partial charge in [-0.2, -0.15) is 0 Å². The third-order valence-electron chi connectivity index (χ3n) is 5.44. The smallest absolute Gasteiger partial charge is 0.236 e. The molecule has 1 amide bonds. The summed E-state index contributed by atoms with van der Waals surface area (Å²) in [5.74, 6) is 0.0657. The Morgan fingerprint density at radius 3 is 2.50 bits per heavy atom. The van der Waals surface area contributed by atoms with Crippen LogP contribution in [0.4, 0.5) is 10.2 Å². The van der Waals surface area contributed by atoms with Gasteiger partial charge in [-0.05, 0) is 30.4 Å². The third-order valence-corrected chi connectivity index (χ3v) is 5.44. The predicted molar refractivity (Wildman–Crippen MR) is 102 cm³/mol. The SMILES string of the molecule is O=C(Nc1nccc2ccccc12)C1(c2ccccc2F)CCCCC1. The molecule has 1 aromatic heterocycles. The van der Waals surface area contributed by atoms with Crippen LogP contribution in [0.15, 0.2) is 60.8 Å². The number of carbonyl (C=O) groups excluding carboxylic acids is 1. The van der Waals surface area contributed by atoms with Crippen LogP contribution in [0.1, 0.15) is 37.7 Å². The lowest BCUT2D eigenvalue weighted by atomic mass is 9.68. The molecule has 1 aliphatic carbocycles. The predicted octanol–water partition coefficient (Wildman–Crippen LogP) is 5.21. The highest BCUT2D eigenvalue weighted by molar-refractivity contribution is 6.04. The Kier molecular flexibility index (Phi) is 4.41. The lowest BCUT2D eigenvalue weighted by Crippen LogP contribution is -2.43. The second kappa shape index (κ2) is 6.87. The fourth-order valence-corrected chi connectivity index (χ4v) is 4.07. The molecular formula is C22H21FN2O. The van der Waals surface area contributed by atoms with E-state index in [1.165, 1.54) is 6.07 Å². The minimum atomic E-state index is -0.831. The average Bonchev–Trinajstić information content (AvgIpc) is 2.69. The van der Waals surface area contributed by atoms with E-state index in [9.17, 15) is 9.18 Å². The molecule has 0 saturated heterocycles. The molecule has 1 saturated carbocycles. The number of anilines is 1. The lowest BCUT2D eigenvalue weighted by Gasteiger charge is -2.36. The first kappa shape index (κ1) is 16.7. The zero-order valence-electron chi connectivity index (χ0n) is 14.5. The van der Waals surface area contributed by atoms with Gasteiger partial charge < -0.3 is 5.32 Å². The van der Waals surface area contributed by atoms with Crippen LogP contribution in [-0.2, 0) is 10.2 Å². The molecule has 4 rings (SSSR count). The Morgan fingerprint density at radius 2 is 1.69 bits per heavy atom. The van der Waals surface area contributed by atoms with Crippen LogP contribution in [0.5, 0.6) is 0 Å². The number of fused-ring (bicyclic) bond motifs is 1. The second-order valence-corrected chi connectivity index (χ2v) is 6.96. The number of nitrogens with zero attached hydrogens (tertiary/aromatic N) is 1. The van der Waals surface area contributed by atoms with Crippen molar-refractivity contribution in [3.05, 3.63) is 72.2 Å². The number of halogens is 1. The quantitative estimate of drug-likeness (QED) is 0.705. The second-order valence-electron chi connectivity index (χ2n) is 6.96. The summed E-state index contributed by atoms with van der Waals surface area (Å²) in [6, 6.07) is 16.4. The minimum Gasteiger partial charge on any atom is -0.309 e. The number of carbonyl (C=O) groups is 1. The third kappa shape index (κ3) is 2.85. The number of nitrogens with one attached hydrogen (secondary N) is 1. The van der Waals surface area contributed by atoms with Crippen molar-refractivity contribution in [1.29, 1.82) is 0 Å². The molecule has 1 aliphatic rings. The summed E-state index contributed by atoms with van der Waals surface area (Å²) in [5, 5.41) is 4.91. The van der Waals surface area contributed by atoms with Crippen LogP contribution in [0.2, 0.25) is 0 Å². The summed E-state index contributed by atoms with van der Waals surface area (Å²) in [7, 11) is 0. The molecule has 132 valence electrons. The normalized spacial score (nSPS) is 16.3. The molecule has 0 atom stereocenters. The topological polar surface area (TPSA) is 42.0 Å². The molecular weight excluding hydrogens is 327 g/mol. The van der Waals surface area contributed by atoms with E-state index >= 15 is 0 Å². The van der Waals surface area contributed by atoms with Crippen molar-refractivity contribution in [2.24, 2.45) is 0 Å². The van der Waals surface area contributed by atoms with Crippen LogP contribution >= 0.6 is 0 Å². The molecule has 0 radical (unpaired) electrons. The van der Waals surface area contributed by atoms with E-state index in [1.54, 1.807) is 24.4 Å². The van der Waals surface area contributed by atoms with E-state index in [0.717, 1.165) is 30.0 Å². The monoisotopic (exact) mass is 348 g/mol. The van der Waals surface area contributed by atoms with E-state index in [2.05, 4.69) is 10.3 Å². The molecule has 0 bridgehead atoms. The summed E-state index contributed by atoms with van der Waals surface area (Å²) in [6.45, 7) is 0. The van der Waals surface area contributed by atoms with Crippen molar-refractivity contribution in [2.45, 2.75) is 37.5 Å². The van der Waals surface area contributed by atoms with Crippen molar-refractivity contribution in [3.8, 4) is 0 Å². The molecule has 1 fully saturated rings. The van der Waals surface area contributed by atoms with Crippen LogP contribution in [-0.4, -0.2) is 10.9 Å². The maximum absolute atomic E-state index is 14.6. The number of amides is 1. The summed E-state index contributed by atoms with van der Waals surface area (Å²) in [4.78, 5) is 17.7. The standard InChI is InChI=1S/C22H21FN2O/c23-19-11-5-4-10-18(19)22(13-6-1-7-14-22)21(26)25-20-17-9-3-2-8-16(17)12-15-24-20/h2-5,8-12,15H,1,6-7,13-14H2,(H,24,25,26). The van der Waals surface area contributed by atoms with Gasteiger partial charge in [0.05, 0.1) is 5.41 Å². The summed E-state index contributed by atoms with van der Waals surface area (Å²) in [5.41, 5.74) is -0.334. The van der Waals surface area contributed by atoms with Gasteiger partial charge in [-0.15, -0.1) is 0 Å². The zero-order valence-corrected chi connectivity index (χ0v) is 14.5. The number of hydrogen-bond acceptors (Lipinski definition) is 2. The molecule has 4 heteroatoms. The molecule has 26 heavy (non-hydrogen) atoms. The highest BCUT2D eigenvalue weighted by Crippen LogP contribution is 2.41. The Balaban J connectivity index is 1.75.